The van der Waals surface area contributed by atoms with Crippen LogP contribution < -0.4 is 16.1 Å². The van der Waals surface area contributed by atoms with Crippen molar-refractivity contribution in [2.45, 2.75) is 13.0 Å². The predicted molar refractivity (Wildman–Crippen MR) is 112 cm³/mol. The third-order valence-corrected chi connectivity index (χ3v) is 4.67. The highest BCUT2D eigenvalue weighted by atomic mass is 32.1. The van der Waals surface area contributed by atoms with Crippen molar-refractivity contribution >= 4 is 29.2 Å². The maximum absolute atomic E-state index is 14.6. The number of benzene rings is 2. The Kier molecular flexibility index (Phi) is 6.89. The molecule has 148 valence electrons. The molecule has 0 radical (unpaired) electrons. The van der Waals surface area contributed by atoms with Gasteiger partial charge in [-0.05, 0) is 36.3 Å². The number of thiocarbonyl (C=S) groups is 1. The van der Waals surface area contributed by atoms with Crippen molar-refractivity contribution in [3.05, 3.63) is 65.2 Å². The summed E-state index contributed by atoms with van der Waals surface area (Å²) < 4.78 is 29.3. The van der Waals surface area contributed by atoms with Crippen LogP contribution in [0.4, 0.5) is 14.5 Å². The predicted octanol–water partition coefficient (Wildman–Crippen LogP) is 2.84. The molecule has 2 aromatic carbocycles. The Hall–Kier alpha value is -2.58. The number of halogens is 2. The van der Waals surface area contributed by atoms with Crippen LogP contribution in [-0.4, -0.2) is 42.4 Å². The molecule has 5 nitrogen and oxygen atoms in total. The zero-order valence-corrected chi connectivity index (χ0v) is 16.3. The fraction of sp³-hybridized carbons (Fsp3) is 0.300. The van der Waals surface area contributed by atoms with Gasteiger partial charge in [0.2, 0.25) is 0 Å². The van der Waals surface area contributed by atoms with Crippen molar-refractivity contribution in [2.75, 3.05) is 31.1 Å². The lowest BCUT2D eigenvalue weighted by atomic mass is 10.1. The molecule has 8 heteroatoms. The van der Waals surface area contributed by atoms with Gasteiger partial charge in [0.1, 0.15) is 17.3 Å². The molecule has 0 aromatic heterocycles. The average Bonchev–Trinajstić information content (AvgIpc) is 2.87. The fourth-order valence-electron chi connectivity index (χ4n) is 3.33. The van der Waals surface area contributed by atoms with E-state index in [1.807, 2.05) is 18.2 Å². The highest BCUT2D eigenvalue weighted by Crippen LogP contribution is 2.26. The topological polar surface area (TPSA) is 56.9 Å². The minimum atomic E-state index is -0.603. The number of hydrogen-bond acceptors (Lipinski definition) is 4. The molecule has 0 saturated carbocycles. The molecule has 1 saturated heterocycles. The normalized spacial score (nSPS) is 15.6. The van der Waals surface area contributed by atoms with Gasteiger partial charge < -0.3 is 10.6 Å². The quantitative estimate of drug-likeness (QED) is 0.457. The van der Waals surface area contributed by atoms with Crippen LogP contribution in [0.15, 0.2) is 47.6 Å². The van der Waals surface area contributed by atoms with Gasteiger partial charge in [0.25, 0.3) is 0 Å². The van der Waals surface area contributed by atoms with E-state index in [1.54, 1.807) is 4.90 Å². The van der Waals surface area contributed by atoms with Crippen LogP contribution in [0.2, 0.25) is 0 Å². The molecule has 0 amide bonds. The first-order valence-corrected chi connectivity index (χ1v) is 9.52. The van der Waals surface area contributed by atoms with Crippen LogP contribution in [0.1, 0.15) is 17.5 Å². The highest BCUT2D eigenvalue weighted by Gasteiger charge is 2.21. The molecule has 0 spiro atoms. The van der Waals surface area contributed by atoms with Crippen LogP contribution in [-0.2, 0) is 6.54 Å². The Morgan fingerprint density at radius 1 is 1.11 bits per heavy atom. The third-order valence-electron chi connectivity index (χ3n) is 4.58. The Morgan fingerprint density at radius 3 is 2.50 bits per heavy atom. The number of nitrogens with two attached hydrogens (primary N) is 1. The van der Waals surface area contributed by atoms with E-state index in [0.29, 0.717) is 18.7 Å². The monoisotopic (exact) mass is 403 g/mol. The number of nitrogens with zero attached hydrogens (tertiary/aromatic N) is 3. The smallest absolute Gasteiger partial charge is 0.184 e. The number of anilines is 1. The van der Waals surface area contributed by atoms with E-state index >= 15 is 0 Å². The summed E-state index contributed by atoms with van der Waals surface area (Å²) in [6, 6.07) is 12.7. The average molecular weight is 404 g/mol. The summed E-state index contributed by atoms with van der Waals surface area (Å²) in [5, 5.41) is 3.72. The molecule has 28 heavy (non-hydrogen) atoms. The first-order valence-electron chi connectivity index (χ1n) is 9.11. The van der Waals surface area contributed by atoms with E-state index in [4.69, 9.17) is 5.73 Å². The zero-order valence-electron chi connectivity index (χ0n) is 15.4. The van der Waals surface area contributed by atoms with E-state index in [2.05, 4.69) is 39.8 Å². The molecule has 0 atom stereocenters. The van der Waals surface area contributed by atoms with Crippen molar-refractivity contribution in [1.82, 2.24) is 10.3 Å². The first-order chi connectivity index (χ1) is 13.5. The molecule has 1 fully saturated rings. The lowest BCUT2D eigenvalue weighted by Crippen LogP contribution is -2.31. The molecule has 0 aliphatic carbocycles. The van der Waals surface area contributed by atoms with Crippen molar-refractivity contribution < 1.29 is 8.78 Å². The van der Waals surface area contributed by atoms with Crippen molar-refractivity contribution in [2.24, 2.45) is 10.8 Å². The number of nitrogens with one attached hydrogen (secondary N) is 1. The van der Waals surface area contributed by atoms with E-state index in [9.17, 15) is 8.78 Å². The fourth-order valence-corrected chi connectivity index (χ4v) is 3.38. The molecular formula is C20H23F2N5S. The van der Waals surface area contributed by atoms with Crippen molar-refractivity contribution in [3.8, 4) is 0 Å². The Balaban J connectivity index is 1.68. The second-order valence-corrected chi connectivity index (χ2v) is 7.11. The second kappa shape index (κ2) is 9.57. The maximum Gasteiger partial charge on any atom is 0.184 e. The van der Waals surface area contributed by atoms with Crippen LogP contribution in [0, 0.1) is 11.6 Å². The SMILES string of the molecule is NC(=S)N/N=C/c1cc(F)c(N2CCCN(Cc3ccccc3)CC2)c(F)c1. The number of hydrogen-bond donors (Lipinski definition) is 2. The van der Waals surface area contributed by atoms with Gasteiger partial charge in [0.15, 0.2) is 5.11 Å². The lowest BCUT2D eigenvalue weighted by Gasteiger charge is -2.24. The molecule has 0 bridgehead atoms. The summed E-state index contributed by atoms with van der Waals surface area (Å²) in [5.74, 6) is -1.21. The number of rotatable bonds is 5. The van der Waals surface area contributed by atoms with Crippen molar-refractivity contribution in [1.29, 1.82) is 0 Å². The third kappa shape index (κ3) is 5.46. The van der Waals surface area contributed by atoms with E-state index in [-0.39, 0.29) is 10.8 Å². The van der Waals surface area contributed by atoms with Gasteiger partial charge in [-0.25, -0.2) is 8.78 Å². The second-order valence-electron chi connectivity index (χ2n) is 6.67. The molecule has 0 unspecified atom stereocenters. The van der Waals surface area contributed by atoms with Gasteiger partial charge in [-0.1, -0.05) is 30.3 Å². The summed E-state index contributed by atoms with van der Waals surface area (Å²) in [6.45, 7) is 3.65. The van der Waals surface area contributed by atoms with Gasteiger partial charge in [-0.3, -0.25) is 10.3 Å². The summed E-state index contributed by atoms with van der Waals surface area (Å²) >= 11 is 4.63. The molecule has 1 heterocycles. The molecular weight excluding hydrogens is 380 g/mol. The van der Waals surface area contributed by atoms with Crippen LogP contribution in [0.25, 0.3) is 0 Å². The van der Waals surface area contributed by atoms with Crippen LogP contribution in [0.5, 0.6) is 0 Å². The molecule has 3 N–H and O–H groups in total. The molecule has 2 aromatic rings. The minimum Gasteiger partial charge on any atom is -0.375 e. The summed E-state index contributed by atoms with van der Waals surface area (Å²) in [6.07, 6.45) is 2.12. The Bertz CT molecular complexity index is 821. The van der Waals surface area contributed by atoms with E-state index in [1.165, 1.54) is 23.9 Å². The minimum absolute atomic E-state index is 0.0148. The largest absolute Gasteiger partial charge is 0.375 e. The summed E-state index contributed by atoms with van der Waals surface area (Å²) in [5.41, 5.74) is 9.17. The van der Waals surface area contributed by atoms with Gasteiger partial charge in [-0.2, -0.15) is 5.10 Å². The molecule has 1 aliphatic heterocycles. The van der Waals surface area contributed by atoms with Gasteiger partial charge in [0.05, 0.1) is 6.21 Å². The Morgan fingerprint density at radius 2 is 1.82 bits per heavy atom. The Labute approximate surface area is 168 Å². The lowest BCUT2D eigenvalue weighted by molar-refractivity contribution is 0.285. The number of hydrazone groups is 1. The van der Waals surface area contributed by atoms with Gasteiger partial charge >= 0.3 is 0 Å². The van der Waals surface area contributed by atoms with Crippen molar-refractivity contribution in [3.63, 3.8) is 0 Å². The van der Waals surface area contributed by atoms with Gasteiger partial charge in [0, 0.05) is 38.3 Å². The molecule has 3 rings (SSSR count). The summed E-state index contributed by atoms with van der Waals surface area (Å²) in [7, 11) is 0. The zero-order chi connectivity index (χ0) is 19.9. The van der Waals surface area contributed by atoms with E-state index < -0.39 is 11.6 Å². The summed E-state index contributed by atoms with van der Waals surface area (Å²) in [4.78, 5) is 4.09. The van der Waals surface area contributed by atoms with Gasteiger partial charge in [-0.15, -0.1) is 0 Å². The van der Waals surface area contributed by atoms with Crippen LogP contribution in [0.3, 0.4) is 0 Å². The standard InChI is InChI=1S/C20H23F2N5S/c21-17-11-16(13-24-25-20(23)28)12-18(22)19(17)27-8-4-7-26(9-10-27)14-15-5-2-1-3-6-15/h1-3,5-6,11-13H,4,7-10,14H2,(H3,23,25,28)/b24-13+. The maximum atomic E-state index is 14.6. The van der Waals surface area contributed by atoms with E-state index in [0.717, 1.165) is 26.1 Å². The molecule has 1 aliphatic rings. The van der Waals surface area contributed by atoms with Crippen LogP contribution >= 0.6 is 12.2 Å². The first kappa shape index (κ1) is 20.2. The highest BCUT2D eigenvalue weighted by molar-refractivity contribution is 7.80.